The van der Waals surface area contributed by atoms with E-state index in [0.29, 0.717) is 6.42 Å². The van der Waals surface area contributed by atoms with Crippen LogP contribution in [0.4, 0.5) is 0 Å². The molecule has 0 aromatic heterocycles. The van der Waals surface area contributed by atoms with Gasteiger partial charge in [0.15, 0.2) is 0 Å². The third-order valence-electron chi connectivity index (χ3n) is 2.92. The number of rotatable bonds is 4. The number of hydrogen-bond donors (Lipinski definition) is 2. The second-order valence-electron chi connectivity index (χ2n) is 4.65. The van der Waals surface area contributed by atoms with Crippen molar-refractivity contribution in [1.82, 2.24) is 4.90 Å². The summed E-state index contributed by atoms with van der Waals surface area (Å²) in [5.74, 6) is -1.21. The van der Waals surface area contributed by atoms with Crippen LogP contribution in [0, 0.1) is 0 Å². The first-order valence-corrected chi connectivity index (χ1v) is 5.12. The van der Waals surface area contributed by atoms with Gasteiger partial charge >= 0.3 is 5.97 Å². The van der Waals surface area contributed by atoms with Crippen molar-refractivity contribution < 1.29 is 14.7 Å². The van der Waals surface area contributed by atoms with E-state index in [2.05, 4.69) is 0 Å². The number of aliphatic carboxylic acids is 1. The van der Waals surface area contributed by atoms with Gasteiger partial charge in [-0.15, -0.1) is 0 Å². The van der Waals surface area contributed by atoms with E-state index in [1.807, 2.05) is 18.7 Å². The fourth-order valence-electron chi connectivity index (χ4n) is 2.28. The Morgan fingerprint density at radius 1 is 1.53 bits per heavy atom. The van der Waals surface area contributed by atoms with E-state index in [1.54, 1.807) is 0 Å². The van der Waals surface area contributed by atoms with Crippen LogP contribution in [0.25, 0.3) is 0 Å². The van der Waals surface area contributed by atoms with E-state index < -0.39 is 23.5 Å². The van der Waals surface area contributed by atoms with Crippen LogP contribution in [0.5, 0.6) is 0 Å². The number of primary amides is 1. The summed E-state index contributed by atoms with van der Waals surface area (Å²) >= 11 is 0. The highest BCUT2D eigenvalue weighted by Gasteiger charge is 2.40. The molecule has 0 bridgehead atoms. The van der Waals surface area contributed by atoms with Crippen molar-refractivity contribution in [3.8, 4) is 0 Å². The highest BCUT2D eigenvalue weighted by Crippen LogP contribution is 2.28. The van der Waals surface area contributed by atoms with E-state index in [0.717, 1.165) is 13.0 Å². The lowest BCUT2D eigenvalue weighted by atomic mass is 9.96. The molecule has 15 heavy (non-hydrogen) atoms. The lowest BCUT2D eigenvalue weighted by Gasteiger charge is -2.37. The number of carboxylic acid groups (broad SMARTS) is 1. The van der Waals surface area contributed by atoms with Gasteiger partial charge < -0.3 is 10.8 Å². The summed E-state index contributed by atoms with van der Waals surface area (Å²) in [7, 11) is 0. The van der Waals surface area contributed by atoms with Gasteiger partial charge in [-0.3, -0.25) is 14.5 Å². The molecule has 1 unspecified atom stereocenters. The van der Waals surface area contributed by atoms with Crippen LogP contribution in [0.1, 0.15) is 33.1 Å². The minimum Gasteiger partial charge on any atom is -0.480 e. The Hall–Kier alpha value is -1.10. The molecular formula is C10H18N2O3. The van der Waals surface area contributed by atoms with Crippen LogP contribution in [-0.2, 0) is 9.59 Å². The number of carbonyl (C=O) groups excluding carboxylic acids is 1. The standard InChI is InChI=1S/C10H18N2O3/c1-10(2,6-8(11)13)12-5-3-4-7(12)9(14)15/h7H,3-6H2,1-2H3,(H2,11,13)(H,14,15). The summed E-state index contributed by atoms with van der Waals surface area (Å²) < 4.78 is 0. The number of amides is 1. The maximum atomic E-state index is 11.0. The molecule has 0 spiro atoms. The van der Waals surface area contributed by atoms with Crippen LogP contribution >= 0.6 is 0 Å². The summed E-state index contributed by atoms with van der Waals surface area (Å²) in [5.41, 5.74) is 4.69. The Balaban J connectivity index is 2.76. The number of nitrogens with zero attached hydrogens (tertiary/aromatic N) is 1. The maximum absolute atomic E-state index is 11.0. The van der Waals surface area contributed by atoms with Crippen molar-refractivity contribution >= 4 is 11.9 Å². The second-order valence-corrected chi connectivity index (χ2v) is 4.65. The van der Waals surface area contributed by atoms with Gasteiger partial charge in [0.1, 0.15) is 6.04 Å². The van der Waals surface area contributed by atoms with E-state index in [1.165, 1.54) is 0 Å². The van der Waals surface area contributed by atoms with Crippen molar-refractivity contribution in [2.24, 2.45) is 5.73 Å². The largest absolute Gasteiger partial charge is 0.480 e. The smallest absolute Gasteiger partial charge is 0.320 e. The zero-order valence-electron chi connectivity index (χ0n) is 9.19. The van der Waals surface area contributed by atoms with E-state index >= 15 is 0 Å². The molecule has 1 aliphatic heterocycles. The molecule has 0 aromatic carbocycles. The third kappa shape index (κ3) is 2.68. The number of hydrogen-bond acceptors (Lipinski definition) is 3. The molecule has 0 radical (unpaired) electrons. The molecule has 1 heterocycles. The third-order valence-corrected chi connectivity index (χ3v) is 2.92. The Kier molecular flexibility index (Phi) is 3.34. The average Bonchev–Trinajstić information content (AvgIpc) is 2.48. The minimum absolute atomic E-state index is 0.191. The van der Waals surface area contributed by atoms with E-state index in [4.69, 9.17) is 10.8 Å². The van der Waals surface area contributed by atoms with Crippen molar-refractivity contribution in [2.75, 3.05) is 6.54 Å². The molecule has 1 fully saturated rings. The Morgan fingerprint density at radius 2 is 2.13 bits per heavy atom. The summed E-state index contributed by atoms with van der Waals surface area (Å²) in [5, 5.41) is 9.02. The Morgan fingerprint density at radius 3 is 2.60 bits per heavy atom. The number of nitrogens with two attached hydrogens (primary N) is 1. The number of carbonyl (C=O) groups is 2. The van der Waals surface area contributed by atoms with Crippen LogP contribution in [-0.4, -0.2) is 40.0 Å². The van der Waals surface area contributed by atoms with Gasteiger partial charge in [-0.2, -0.15) is 0 Å². The first-order valence-electron chi connectivity index (χ1n) is 5.12. The molecule has 1 saturated heterocycles. The first kappa shape index (κ1) is 12.0. The average molecular weight is 214 g/mol. The molecule has 0 aliphatic carbocycles. The number of carboxylic acids is 1. The lowest BCUT2D eigenvalue weighted by molar-refractivity contribution is -0.145. The zero-order valence-corrected chi connectivity index (χ0v) is 9.19. The molecule has 5 nitrogen and oxygen atoms in total. The minimum atomic E-state index is -0.815. The van der Waals surface area contributed by atoms with Gasteiger partial charge in [-0.1, -0.05) is 0 Å². The molecule has 1 aliphatic rings. The van der Waals surface area contributed by atoms with Crippen LogP contribution in [0.3, 0.4) is 0 Å². The monoisotopic (exact) mass is 214 g/mol. The van der Waals surface area contributed by atoms with Gasteiger partial charge in [0, 0.05) is 12.0 Å². The van der Waals surface area contributed by atoms with Crippen molar-refractivity contribution in [3.05, 3.63) is 0 Å². The maximum Gasteiger partial charge on any atom is 0.320 e. The fraction of sp³-hybridized carbons (Fsp3) is 0.800. The van der Waals surface area contributed by atoms with Crippen LogP contribution < -0.4 is 5.73 Å². The predicted octanol–water partition coefficient (Wildman–Crippen LogP) is 0.189. The quantitative estimate of drug-likeness (QED) is 0.699. The summed E-state index contributed by atoms with van der Waals surface area (Å²) in [6, 6.07) is -0.473. The second kappa shape index (κ2) is 4.18. The molecule has 0 saturated carbocycles. The molecule has 86 valence electrons. The molecular weight excluding hydrogens is 196 g/mol. The topological polar surface area (TPSA) is 83.6 Å². The van der Waals surface area contributed by atoms with Gasteiger partial charge in [0.2, 0.25) is 5.91 Å². The normalized spacial score (nSPS) is 22.9. The molecule has 1 amide bonds. The number of likely N-dealkylation sites (tertiary alicyclic amines) is 1. The van der Waals surface area contributed by atoms with E-state index in [-0.39, 0.29) is 6.42 Å². The van der Waals surface area contributed by atoms with Crippen molar-refractivity contribution in [3.63, 3.8) is 0 Å². The SMILES string of the molecule is CC(C)(CC(N)=O)N1CCCC1C(=O)O. The van der Waals surface area contributed by atoms with Crippen molar-refractivity contribution in [1.29, 1.82) is 0 Å². The summed E-state index contributed by atoms with van der Waals surface area (Å²) in [6.45, 7) is 4.44. The molecule has 3 N–H and O–H groups in total. The van der Waals surface area contributed by atoms with Crippen molar-refractivity contribution in [2.45, 2.75) is 44.7 Å². The van der Waals surface area contributed by atoms with Crippen LogP contribution in [0.15, 0.2) is 0 Å². The lowest BCUT2D eigenvalue weighted by Crippen LogP contribution is -2.51. The molecule has 1 atom stereocenters. The molecule has 0 aromatic rings. The fourth-order valence-corrected chi connectivity index (χ4v) is 2.28. The molecule has 5 heteroatoms. The predicted molar refractivity (Wildman–Crippen MR) is 55.3 cm³/mol. The van der Waals surface area contributed by atoms with Gasteiger partial charge in [0.05, 0.1) is 0 Å². The Bertz CT molecular complexity index is 276. The highest BCUT2D eigenvalue weighted by atomic mass is 16.4. The zero-order chi connectivity index (χ0) is 11.6. The van der Waals surface area contributed by atoms with E-state index in [9.17, 15) is 9.59 Å². The van der Waals surface area contributed by atoms with Gasteiger partial charge in [0.25, 0.3) is 0 Å². The highest BCUT2D eigenvalue weighted by molar-refractivity contribution is 5.76. The van der Waals surface area contributed by atoms with Gasteiger partial charge in [-0.25, -0.2) is 0 Å². The first-order chi connectivity index (χ1) is 6.84. The summed E-state index contributed by atoms with van der Waals surface area (Å²) in [4.78, 5) is 23.7. The Labute approximate surface area is 89.2 Å². The molecule has 1 rings (SSSR count). The van der Waals surface area contributed by atoms with Gasteiger partial charge in [-0.05, 0) is 33.2 Å². The summed E-state index contributed by atoms with van der Waals surface area (Å²) in [6.07, 6.45) is 1.70. The van der Waals surface area contributed by atoms with Crippen LogP contribution in [0.2, 0.25) is 0 Å².